The highest BCUT2D eigenvalue weighted by Gasteiger charge is 2.36. The molecule has 1 aromatic heterocycles. The summed E-state index contributed by atoms with van der Waals surface area (Å²) in [5.74, 6) is 1.82. The predicted molar refractivity (Wildman–Crippen MR) is 80.1 cm³/mol. The molecular weight excluding hydrogens is 252 g/mol. The molecule has 2 bridgehead atoms. The fourth-order valence-electron chi connectivity index (χ4n) is 3.64. The van der Waals surface area contributed by atoms with Gasteiger partial charge in [0.1, 0.15) is 0 Å². The van der Waals surface area contributed by atoms with Crippen LogP contribution in [-0.4, -0.2) is 53.8 Å². The van der Waals surface area contributed by atoms with Crippen LogP contribution < -0.4 is 5.32 Å². The molecule has 0 aliphatic carbocycles. The number of rotatable bonds is 5. The number of nitrogens with one attached hydrogen (secondary N) is 1. The van der Waals surface area contributed by atoms with Gasteiger partial charge in [-0.25, -0.2) is 4.98 Å². The Bertz CT molecular complexity index is 451. The number of aryl methyl sites for hydroxylation is 1. The summed E-state index contributed by atoms with van der Waals surface area (Å²) in [6.07, 6.45) is 4.86. The fraction of sp³-hybridized carbons (Fsp3) is 0.800. The van der Waals surface area contributed by atoms with Crippen molar-refractivity contribution in [3.8, 4) is 0 Å². The molecule has 0 radical (unpaired) electrons. The molecule has 0 spiro atoms. The number of aromatic nitrogens is 2. The molecule has 1 aromatic rings. The molecule has 20 heavy (non-hydrogen) atoms. The maximum absolute atomic E-state index is 5.21. The van der Waals surface area contributed by atoms with Crippen molar-refractivity contribution < 1.29 is 4.74 Å². The van der Waals surface area contributed by atoms with E-state index in [-0.39, 0.29) is 6.04 Å². The Labute approximate surface area is 121 Å². The summed E-state index contributed by atoms with van der Waals surface area (Å²) >= 11 is 0. The number of nitrogens with zero attached hydrogens (tertiary/aromatic N) is 3. The predicted octanol–water partition coefficient (Wildman–Crippen LogP) is 1.91. The molecule has 112 valence electrons. The number of hydrogen-bond acceptors (Lipinski definition) is 4. The Morgan fingerprint density at radius 3 is 2.80 bits per heavy atom. The van der Waals surface area contributed by atoms with Gasteiger partial charge in [0.15, 0.2) is 0 Å². The summed E-state index contributed by atoms with van der Waals surface area (Å²) < 4.78 is 7.58. The second kappa shape index (κ2) is 5.74. The lowest BCUT2D eigenvalue weighted by molar-refractivity contribution is 0.0577. The topological polar surface area (TPSA) is 42.3 Å². The van der Waals surface area contributed by atoms with E-state index in [1.807, 2.05) is 0 Å². The van der Waals surface area contributed by atoms with Crippen molar-refractivity contribution in [3.05, 3.63) is 11.9 Å². The number of hydrogen-bond donors (Lipinski definition) is 1. The van der Waals surface area contributed by atoms with Crippen LogP contribution in [0, 0.1) is 12.8 Å². The van der Waals surface area contributed by atoms with Gasteiger partial charge in [-0.15, -0.1) is 0 Å². The third-order valence-electron chi connectivity index (χ3n) is 4.62. The van der Waals surface area contributed by atoms with Crippen molar-refractivity contribution in [2.45, 2.75) is 38.8 Å². The van der Waals surface area contributed by atoms with E-state index in [0.717, 1.165) is 17.6 Å². The highest BCUT2D eigenvalue weighted by atomic mass is 16.5. The number of methoxy groups -OCH3 is 1. The molecule has 1 N–H and O–H groups in total. The minimum atomic E-state index is 0.279. The molecule has 3 fully saturated rings. The Morgan fingerprint density at radius 1 is 1.45 bits per heavy atom. The van der Waals surface area contributed by atoms with E-state index in [1.54, 1.807) is 7.11 Å². The number of ether oxygens (including phenoxy) is 1. The highest BCUT2D eigenvalue weighted by Crippen LogP contribution is 2.37. The number of anilines is 1. The summed E-state index contributed by atoms with van der Waals surface area (Å²) in [6.45, 7) is 8.63. The van der Waals surface area contributed by atoms with E-state index < -0.39 is 0 Å². The molecule has 5 nitrogen and oxygen atoms in total. The Balaban J connectivity index is 1.79. The molecule has 3 aliphatic rings. The van der Waals surface area contributed by atoms with Gasteiger partial charge in [-0.3, -0.25) is 0 Å². The van der Waals surface area contributed by atoms with Crippen LogP contribution in [-0.2, 0) is 4.74 Å². The van der Waals surface area contributed by atoms with E-state index >= 15 is 0 Å². The first kappa shape index (κ1) is 13.9. The van der Waals surface area contributed by atoms with Crippen LogP contribution in [0.15, 0.2) is 6.20 Å². The van der Waals surface area contributed by atoms with Crippen molar-refractivity contribution in [1.29, 1.82) is 0 Å². The molecule has 3 saturated heterocycles. The van der Waals surface area contributed by atoms with Gasteiger partial charge in [0.25, 0.3) is 0 Å². The smallest absolute Gasteiger partial charge is 0.203 e. The summed E-state index contributed by atoms with van der Waals surface area (Å²) in [4.78, 5) is 7.26. The maximum atomic E-state index is 5.21. The zero-order chi connectivity index (χ0) is 14.1. The summed E-state index contributed by atoms with van der Waals surface area (Å²) in [6, 6.07) is 0.859. The van der Waals surface area contributed by atoms with Crippen LogP contribution in [0.3, 0.4) is 0 Å². The van der Waals surface area contributed by atoms with Crippen LogP contribution in [0.25, 0.3) is 0 Å². The fourth-order valence-corrected chi connectivity index (χ4v) is 3.64. The number of fused-ring (bicyclic) bond motifs is 3. The van der Waals surface area contributed by atoms with E-state index in [4.69, 9.17) is 4.74 Å². The quantitative estimate of drug-likeness (QED) is 0.893. The second-order valence-corrected chi connectivity index (χ2v) is 6.32. The standard InChI is InChI=1S/C15H26N4O/c1-11-8-19(15(16-11)17-12(2)10-20-3)14-9-18-6-4-13(14)5-7-18/h8,12-14H,4-7,9-10H2,1-3H3,(H,16,17). The van der Waals surface area contributed by atoms with Crippen molar-refractivity contribution in [1.82, 2.24) is 14.5 Å². The van der Waals surface area contributed by atoms with Crippen molar-refractivity contribution >= 4 is 5.95 Å². The lowest BCUT2D eigenvalue weighted by Gasteiger charge is -2.45. The van der Waals surface area contributed by atoms with Gasteiger partial charge in [0.2, 0.25) is 5.95 Å². The van der Waals surface area contributed by atoms with Crippen LogP contribution in [0.4, 0.5) is 5.95 Å². The largest absolute Gasteiger partial charge is 0.383 e. The number of piperidine rings is 3. The van der Waals surface area contributed by atoms with Gasteiger partial charge in [0, 0.05) is 25.9 Å². The molecule has 0 aromatic carbocycles. The van der Waals surface area contributed by atoms with Crippen LogP contribution in [0.5, 0.6) is 0 Å². The average molecular weight is 278 g/mol. The van der Waals surface area contributed by atoms with Gasteiger partial charge < -0.3 is 19.5 Å². The molecule has 4 heterocycles. The first-order valence-corrected chi connectivity index (χ1v) is 7.70. The van der Waals surface area contributed by atoms with E-state index in [1.165, 1.54) is 32.5 Å². The Hall–Kier alpha value is -1.07. The van der Waals surface area contributed by atoms with Gasteiger partial charge in [-0.1, -0.05) is 0 Å². The van der Waals surface area contributed by atoms with Gasteiger partial charge in [0.05, 0.1) is 18.3 Å². The van der Waals surface area contributed by atoms with Crippen molar-refractivity contribution in [2.75, 3.05) is 38.7 Å². The summed E-state index contributed by atoms with van der Waals surface area (Å²) in [5, 5.41) is 3.50. The lowest BCUT2D eigenvalue weighted by Crippen LogP contribution is -2.48. The number of imidazole rings is 1. The molecule has 4 rings (SSSR count). The highest BCUT2D eigenvalue weighted by molar-refractivity contribution is 5.31. The zero-order valence-corrected chi connectivity index (χ0v) is 12.8. The lowest BCUT2D eigenvalue weighted by atomic mass is 9.84. The van der Waals surface area contributed by atoms with E-state index in [0.29, 0.717) is 12.6 Å². The average Bonchev–Trinajstić information content (AvgIpc) is 2.81. The molecule has 2 atom stereocenters. The SMILES string of the molecule is COCC(C)Nc1nc(C)cn1C1CN2CCC1CC2. The maximum Gasteiger partial charge on any atom is 0.203 e. The second-order valence-electron chi connectivity index (χ2n) is 6.32. The molecule has 3 aliphatic heterocycles. The Kier molecular flexibility index (Phi) is 3.98. The molecular formula is C15H26N4O. The normalized spacial score (nSPS) is 30.4. The Morgan fingerprint density at radius 2 is 2.20 bits per heavy atom. The third-order valence-corrected chi connectivity index (χ3v) is 4.62. The van der Waals surface area contributed by atoms with Crippen LogP contribution in [0.1, 0.15) is 31.5 Å². The van der Waals surface area contributed by atoms with Crippen LogP contribution in [0.2, 0.25) is 0 Å². The molecule has 0 amide bonds. The molecule has 0 saturated carbocycles. The summed E-state index contributed by atoms with van der Waals surface area (Å²) in [5.41, 5.74) is 1.09. The molecule has 5 heteroatoms. The minimum absolute atomic E-state index is 0.279. The van der Waals surface area contributed by atoms with E-state index in [9.17, 15) is 0 Å². The minimum Gasteiger partial charge on any atom is -0.383 e. The van der Waals surface area contributed by atoms with Crippen molar-refractivity contribution in [3.63, 3.8) is 0 Å². The zero-order valence-electron chi connectivity index (χ0n) is 12.8. The van der Waals surface area contributed by atoms with E-state index in [2.05, 4.69) is 39.8 Å². The van der Waals surface area contributed by atoms with Gasteiger partial charge >= 0.3 is 0 Å². The first-order valence-electron chi connectivity index (χ1n) is 7.70. The van der Waals surface area contributed by atoms with Crippen molar-refractivity contribution in [2.24, 2.45) is 5.92 Å². The van der Waals surface area contributed by atoms with Gasteiger partial charge in [-0.05, 0) is 45.7 Å². The van der Waals surface area contributed by atoms with Crippen LogP contribution >= 0.6 is 0 Å². The van der Waals surface area contributed by atoms with Gasteiger partial charge in [-0.2, -0.15) is 0 Å². The monoisotopic (exact) mass is 278 g/mol. The molecule has 2 unspecified atom stereocenters. The third kappa shape index (κ3) is 2.69. The summed E-state index contributed by atoms with van der Waals surface area (Å²) in [7, 11) is 1.74. The first-order chi connectivity index (χ1) is 9.67.